The summed E-state index contributed by atoms with van der Waals surface area (Å²) in [5.41, 5.74) is 5.67. The molecule has 1 fully saturated rings. The van der Waals surface area contributed by atoms with Crippen molar-refractivity contribution in [2.45, 2.75) is 20.3 Å². The van der Waals surface area contributed by atoms with Gasteiger partial charge in [-0.25, -0.2) is 4.98 Å². The van der Waals surface area contributed by atoms with Crippen LogP contribution >= 0.6 is 11.3 Å². The van der Waals surface area contributed by atoms with Crippen LogP contribution in [-0.4, -0.2) is 27.7 Å². The van der Waals surface area contributed by atoms with Gasteiger partial charge in [0.25, 0.3) is 0 Å². The Bertz CT molecular complexity index is 1280. The van der Waals surface area contributed by atoms with Crippen molar-refractivity contribution in [3.63, 3.8) is 0 Å². The fourth-order valence-electron chi connectivity index (χ4n) is 3.89. The van der Waals surface area contributed by atoms with Gasteiger partial charge in [-0.05, 0) is 49.2 Å². The molecule has 3 heterocycles. The number of nitrogens with zero attached hydrogens (tertiary/aromatic N) is 3. The van der Waals surface area contributed by atoms with Crippen LogP contribution in [-0.2, 0) is 9.59 Å². The zero-order valence-electron chi connectivity index (χ0n) is 17.3. The lowest BCUT2D eigenvalue weighted by atomic mass is 10.1. The van der Waals surface area contributed by atoms with Gasteiger partial charge in [0.2, 0.25) is 11.8 Å². The maximum absolute atomic E-state index is 12.9. The van der Waals surface area contributed by atoms with Gasteiger partial charge < -0.3 is 10.2 Å². The van der Waals surface area contributed by atoms with E-state index in [1.54, 1.807) is 16.2 Å². The number of anilines is 2. The maximum atomic E-state index is 12.9. The number of aryl methyl sites for hydroxylation is 2. The van der Waals surface area contributed by atoms with Crippen molar-refractivity contribution in [2.24, 2.45) is 5.92 Å². The SMILES string of the molecule is Cc1ccc(N2CC(C(=O)Nc3cccc(-c4cn5ccsc5n4)c3)CC2=O)cc1C. The van der Waals surface area contributed by atoms with Gasteiger partial charge in [0, 0.05) is 47.7 Å². The van der Waals surface area contributed by atoms with E-state index in [1.807, 2.05) is 78.5 Å². The van der Waals surface area contributed by atoms with Crippen molar-refractivity contribution < 1.29 is 9.59 Å². The second-order valence-electron chi connectivity index (χ2n) is 7.96. The molecule has 0 spiro atoms. The Morgan fingerprint density at radius 2 is 2.03 bits per heavy atom. The smallest absolute Gasteiger partial charge is 0.229 e. The number of carbonyl (C=O) groups excluding carboxylic acids is 2. The number of nitrogens with one attached hydrogen (secondary N) is 1. The summed E-state index contributed by atoms with van der Waals surface area (Å²) in [6.07, 6.45) is 4.17. The van der Waals surface area contributed by atoms with E-state index in [-0.39, 0.29) is 24.2 Å². The van der Waals surface area contributed by atoms with E-state index in [1.165, 1.54) is 5.56 Å². The van der Waals surface area contributed by atoms with Crippen molar-refractivity contribution in [2.75, 3.05) is 16.8 Å². The average molecular weight is 431 g/mol. The largest absolute Gasteiger partial charge is 0.326 e. The van der Waals surface area contributed by atoms with Gasteiger partial charge in [-0.15, -0.1) is 11.3 Å². The van der Waals surface area contributed by atoms with E-state index >= 15 is 0 Å². The second kappa shape index (κ2) is 7.67. The van der Waals surface area contributed by atoms with Crippen LogP contribution in [0.5, 0.6) is 0 Å². The lowest BCUT2D eigenvalue weighted by Gasteiger charge is -2.18. The summed E-state index contributed by atoms with van der Waals surface area (Å²) < 4.78 is 1.98. The van der Waals surface area contributed by atoms with Crippen LogP contribution in [0.15, 0.2) is 60.2 Å². The summed E-state index contributed by atoms with van der Waals surface area (Å²) in [6, 6.07) is 13.6. The lowest BCUT2D eigenvalue weighted by molar-refractivity contribution is -0.122. The molecule has 1 atom stereocenters. The molecule has 1 unspecified atom stereocenters. The summed E-state index contributed by atoms with van der Waals surface area (Å²) in [5, 5.41) is 4.98. The van der Waals surface area contributed by atoms with E-state index in [2.05, 4.69) is 10.3 Å². The molecule has 1 N–H and O–H groups in total. The number of fused-ring (bicyclic) bond motifs is 1. The minimum atomic E-state index is -0.379. The molecule has 2 amide bonds. The van der Waals surface area contributed by atoms with E-state index in [9.17, 15) is 9.59 Å². The van der Waals surface area contributed by atoms with Crippen LogP contribution in [0.3, 0.4) is 0 Å². The highest BCUT2D eigenvalue weighted by atomic mass is 32.1. The zero-order chi connectivity index (χ0) is 21.5. The number of thiazole rings is 1. The molecular weight excluding hydrogens is 408 g/mol. The highest BCUT2D eigenvalue weighted by molar-refractivity contribution is 7.15. The Hall–Kier alpha value is -3.45. The Morgan fingerprint density at radius 1 is 1.16 bits per heavy atom. The molecule has 0 saturated carbocycles. The summed E-state index contributed by atoms with van der Waals surface area (Å²) in [7, 11) is 0. The third-order valence-corrected chi connectivity index (χ3v) is 6.59. The number of hydrogen-bond acceptors (Lipinski definition) is 4. The van der Waals surface area contributed by atoms with Crippen molar-refractivity contribution >= 4 is 39.5 Å². The van der Waals surface area contributed by atoms with Crippen molar-refractivity contribution in [3.05, 3.63) is 71.4 Å². The van der Waals surface area contributed by atoms with E-state index < -0.39 is 0 Å². The number of rotatable bonds is 4. The van der Waals surface area contributed by atoms with Crippen LogP contribution in [0.25, 0.3) is 16.2 Å². The molecular formula is C24H22N4O2S. The fourth-order valence-corrected chi connectivity index (χ4v) is 4.59. The van der Waals surface area contributed by atoms with Crippen LogP contribution < -0.4 is 10.2 Å². The van der Waals surface area contributed by atoms with Gasteiger partial charge in [0.1, 0.15) is 0 Å². The quantitative estimate of drug-likeness (QED) is 0.512. The first-order valence-electron chi connectivity index (χ1n) is 10.2. The third-order valence-electron chi connectivity index (χ3n) is 5.82. The van der Waals surface area contributed by atoms with Crippen molar-refractivity contribution in [1.82, 2.24) is 9.38 Å². The van der Waals surface area contributed by atoms with Crippen LogP contribution in [0, 0.1) is 19.8 Å². The van der Waals surface area contributed by atoms with E-state index in [0.29, 0.717) is 12.2 Å². The van der Waals surface area contributed by atoms with Crippen LogP contribution in [0.1, 0.15) is 17.5 Å². The van der Waals surface area contributed by atoms with Gasteiger partial charge in [-0.2, -0.15) is 0 Å². The first kappa shape index (κ1) is 19.5. The predicted molar refractivity (Wildman–Crippen MR) is 124 cm³/mol. The number of imidazole rings is 1. The number of amides is 2. The molecule has 1 aliphatic heterocycles. The molecule has 7 heteroatoms. The molecule has 6 nitrogen and oxygen atoms in total. The molecule has 2 aromatic heterocycles. The second-order valence-corrected chi connectivity index (χ2v) is 8.84. The number of carbonyl (C=O) groups is 2. The monoisotopic (exact) mass is 430 g/mol. The molecule has 0 bridgehead atoms. The van der Waals surface area contributed by atoms with Gasteiger partial charge in [0.05, 0.1) is 11.6 Å². The first-order valence-corrected chi connectivity index (χ1v) is 11.1. The average Bonchev–Trinajstić information content (AvgIpc) is 3.45. The van der Waals surface area contributed by atoms with Crippen LogP contribution in [0.2, 0.25) is 0 Å². The van der Waals surface area contributed by atoms with Crippen molar-refractivity contribution in [3.8, 4) is 11.3 Å². The maximum Gasteiger partial charge on any atom is 0.229 e. The molecule has 156 valence electrons. The van der Waals surface area contributed by atoms with Gasteiger partial charge in [-0.3, -0.25) is 14.0 Å². The van der Waals surface area contributed by atoms with E-state index in [4.69, 9.17) is 0 Å². The standard InChI is InChI=1S/C24H22N4O2S/c1-15-6-7-20(10-16(15)2)28-13-18(12-22(28)29)23(30)25-19-5-3-4-17(11-19)21-14-27-8-9-31-24(27)26-21/h3-11,14,18H,12-13H2,1-2H3,(H,25,30). The molecule has 31 heavy (non-hydrogen) atoms. The van der Waals surface area contributed by atoms with E-state index in [0.717, 1.165) is 27.5 Å². The topological polar surface area (TPSA) is 66.7 Å². The summed E-state index contributed by atoms with van der Waals surface area (Å²) >= 11 is 1.58. The molecule has 2 aromatic carbocycles. The van der Waals surface area contributed by atoms with Gasteiger partial charge >= 0.3 is 0 Å². The molecule has 0 aliphatic carbocycles. The Labute approximate surface area is 184 Å². The Balaban J connectivity index is 1.30. The van der Waals surface area contributed by atoms with Gasteiger partial charge in [-0.1, -0.05) is 18.2 Å². The number of hydrogen-bond donors (Lipinski definition) is 1. The molecule has 1 aliphatic rings. The highest BCUT2D eigenvalue weighted by Gasteiger charge is 2.35. The summed E-state index contributed by atoms with van der Waals surface area (Å²) in [5.74, 6) is -0.534. The van der Waals surface area contributed by atoms with Gasteiger partial charge in [0.15, 0.2) is 4.96 Å². The minimum absolute atomic E-state index is 0.0183. The fraction of sp³-hybridized carbons (Fsp3) is 0.208. The summed E-state index contributed by atoms with van der Waals surface area (Å²) in [6.45, 7) is 4.46. The molecule has 0 radical (unpaired) electrons. The normalized spacial score (nSPS) is 16.3. The molecule has 1 saturated heterocycles. The predicted octanol–water partition coefficient (Wildman–Crippen LogP) is 4.67. The number of benzene rings is 2. The molecule has 4 aromatic rings. The Morgan fingerprint density at radius 3 is 2.84 bits per heavy atom. The first-order chi connectivity index (χ1) is 15.0. The lowest BCUT2D eigenvalue weighted by Crippen LogP contribution is -2.28. The number of aromatic nitrogens is 2. The Kier molecular flexibility index (Phi) is 4.82. The summed E-state index contributed by atoms with van der Waals surface area (Å²) in [4.78, 5) is 32.7. The zero-order valence-corrected chi connectivity index (χ0v) is 18.1. The van der Waals surface area contributed by atoms with Crippen LogP contribution in [0.4, 0.5) is 11.4 Å². The minimum Gasteiger partial charge on any atom is -0.326 e. The third kappa shape index (κ3) is 3.72. The van der Waals surface area contributed by atoms with Crippen molar-refractivity contribution in [1.29, 1.82) is 0 Å². The molecule has 5 rings (SSSR count). The highest BCUT2D eigenvalue weighted by Crippen LogP contribution is 2.29.